The van der Waals surface area contributed by atoms with E-state index >= 15 is 0 Å². The highest BCUT2D eigenvalue weighted by atomic mass is 32.2. The van der Waals surface area contributed by atoms with Crippen LogP contribution in [0, 0.1) is 19.8 Å². The number of carbonyl (C=O) groups excluding carboxylic acids is 1. The van der Waals surface area contributed by atoms with Gasteiger partial charge in [-0.15, -0.1) is 0 Å². The van der Waals surface area contributed by atoms with E-state index in [0.29, 0.717) is 18.8 Å². The summed E-state index contributed by atoms with van der Waals surface area (Å²) in [6.07, 6.45) is 0. The van der Waals surface area contributed by atoms with Gasteiger partial charge in [-0.3, -0.25) is 0 Å². The van der Waals surface area contributed by atoms with Crippen LogP contribution in [-0.2, 0) is 16.7 Å². The lowest BCUT2D eigenvalue weighted by molar-refractivity contribution is 0.201. The third kappa shape index (κ3) is 6.89. The number of para-hydroxylation sites is 1. The van der Waals surface area contributed by atoms with Crippen molar-refractivity contribution in [2.24, 2.45) is 5.92 Å². The minimum Gasteiger partial charge on any atom is -0.493 e. The number of amides is 2. The normalized spacial score (nSPS) is 11.3. The second-order valence-corrected chi connectivity index (χ2v) is 9.75. The Kier molecular flexibility index (Phi) is 8.33. The molecule has 8 heteroatoms. The zero-order valence-corrected chi connectivity index (χ0v) is 19.9. The van der Waals surface area contributed by atoms with Crippen molar-refractivity contribution in [3.8, 4) is 11.5 Å². The topological polar surface area (TPSA) is 84.9 Å². The molecular formula is C23H32N2O5S. The molecule has 2 amide bonds. The summed E-state index contributed by atoms with van der Waals surface area (Å²) in [5.41, 5.74) is 3.51. The van der Waals surface area contributed by atoms with Crippen LogP contribution in [0.25, 0.3) is 0 Å². The summed E-state index contributed by atoms with van der Waals surface area (Å²) in [5, 5.41) is 3.02. The van der Waals surface area contributed by atoms with Crippen LogP contribution in [0.2, 0.25) is 0 Å². The largest absolute Gasteiger partial charge is 0.493 e. The molecule has 0 atom stereocenters. The third-order valence-electron chi connectivity index (χ3n) is 4.76. The SMILES string of the molecule is CCS(=O)(=O)Oc1cc(CN(CC(C)C)C(=O)Nc2c(C)cccc2C)ccc1OC. The average molecular weight is 449 g/mol. The van der Waals surface area contributed by atoms with Crippen LogP contribution in [0.1, 0.15) is 37.5 Å². The predicted octanol–water partition coefficient (Wildman–Crippen LogP) is 4.73. The van der Waals surface area contributed by atoms with Crippen LogP contribution >= 0.6 is 0 Å². The smallest absolute Gasteiger partial charge is 0.322 e. The Hall–Kier alpha value is -2.74. The van der Waals surface area contributed by atoms with E-state index in [-0.39, 0.29) is 23.5 Å². The number of ether oxygens (including phenoxy) is 1. The third-order valence-corrected chi connectivity index (χ3v) is 5.90. The van der Waals surface area contributed by atoms with E-state index in [1.165, 1.54) is 14.0 Å². The van der Waals surface area contributed by atoms with Crippen LogP contribution < -0.4 is 14.2 Å². The first-order valence-electron chi connectivity index (χ1n) is 10.3. The molecule has 0 unspecified atom stereocenters. The lowest BCUT2D eigenvalue weighted by atomic mass is 10.1. The maximum Gasteiger partial charge on any atom is 0.322 e. The Morgan fingerprint density at radius 1 is 1.10 bits per heavy atom. The first-order chi connectivity index (χ1) is 14.6. The van der Waals surface area contributed by atoms with Crippen molar-refractivity contribution < 1.29 is 22.1 Å². The number of urea groups is 1. The summed E-state index contributed by atoms with van der Waals surface area (Å²) in [6.45, 7) is 10.3. The van der Waals surface area contributed by atoms with Gasteiger partial charge in [0.2, 0.25) is 0 Å². The summed E-state index contributed by atoms with van der Waals surface area (Å²) < 4.78 is 34.3. The van der Waals surface area contributed by atoms with E-state index in [2.05, 4.69) is 5.32 Å². The number of aryl methyl sites for hydroxylation is 2. The zero-order valence-electron chi connectivity index (χ0n) is 19.1. The zero-order chi connectivity index (χ0) is 23.2. The van der Waals surface area contributed by atoms with Gasteiger partial charge in [-0.25, -0.2) is 4.79 Å². The number of hydrogen-bond acceptors (Lipinski definition) is 5. The molecule has 0 spiro atoms. The van der Waals surface area contributed by atoms with E-state index in [4.69, 9.17) is 8.92 Å². The highest BCUT2D eigenvalue weighted by Crippen LogP contribution is 2.30. The highest BCUT2D eigenvalue weighted by Gasteiger charge is 2.20. The van der Waals surface area contributed by atoms with Crippen LogP contribution in [-0.4, -0.2) is 38.8 Å². The number of nitrogens with zero attached hydrogens (tertiary/aromatic N) is 1. The molecule has 0 radical (unpaired) electrons. The van der Waals surface area contributed by atoms with Gasteiger partial charge in [0.1, 0.15) is 0 Å². The van der Waals surface area contributed by atoms with Gasteiger partial charge in [0.25, 0.3) is 0 Å². The van der Waals surface area contributed by atoms with Gasteiger partial charge >= 0.3 is 16.1 Å². The van der Waals surface area contributed by atoms with Crippen molar-refractivity contribution in [1.29, 1.82) is 0 Å². The van der Waals surface area contributed by atoms with Crippen molar-refractivity contribution in [2.45, 2.75) is 41.2 Å². The molecule has 0 aliphatic rings. The first kappa shape index (κ1) is 24.5. The highest BCUT2D eigenvalue weighted by molar-refractivity contribution is 7.87. The first-order valence-corrected chi connectivity index (χ1v) is 11.8. The molecule has 0 bridgehead atoms. The number of nitrogens with one attached hydrogen (secondary N) is 1. The van der Waals surface area contributed by atoms with Crippen molar-refractivity contribution in [3.05, 3.63) is 53.1 Å². The minimum atomic E-state index is -3.71. The summed E-state index contributed by atoms with van der Waals surface area (Å²) >= 11 is 0. The number of methoxy groups -OCH3 is 1. The number of hydrogen-bond donors (Lipinski definition) is 1. The second-order valence-electron chi connectivity index (χ2n) is 7.89. The van der Waals surface area contributed by atoms with Crippen molar-refractivity contribution in [3.63, 3.8) is 0 Å². The average Bonchev–Trinajstić information content (AvgIpc) is 2.70. The summed E-state index contributed by atoms with van der Waals surface area (Å²) in [6, 6.07) is 10.7. The van der Waals surface area contributed by atoms with Crippen molar-refractivity contribution >= 4 is 21.8 Å². The Morgan fingerprint density at radius 3 is 2.29 bits per heavy atom. The van der Waals surface area contributed by atoms with Crippen LogP contribution in [0.5, 0.6) is 11.5 Å². The molecule has 0 saturated heterocycles. The van der Waals surface area contributed by atoms with Gasteiger partial charge in [-0.05, 0) is 55.5 Å². The summed E-state index contributed by atoms with van der Waals surface area (Å²) in [5.74, 6) is 0.522. The maximum atomic E-state index is 13.1. The van der Waals surface area contributed by atoms with E-state index in [0.717, 1.165) is 22.4 Å². The number of carbonyl (C=O) groups is 1. The molecule has 0 aromatic heterocycles. The Balaban J connectivity index is 2.30. The predicted molar refractivity (Wildman–Crippen MR) is 123 cm³/mol. The van der Waals surface area contributed by atoms with E-state index in [9.17, 15) is 13.2 Å². The van der Waals surface area contributed by atoms with E-state index in [1.54, 1.807) is 23.1 Å². The molecule has 1 N–H and O–H groups in total. The standard InChI is InChI=1S/C23H32N2O5S/c1-7-31(27,28)30-21-13-19(11-12-20(21)29-6)15-25(14-16(2)3)23(26)24-22-17(4)9-8-10-18(22)5/h8-13,16H,7,14-15H2,1-6H3,(H,24,26). The minimum absolute atomic E-state index is 0.113. The molecular weight excluding hydrogens is 416 g/mol. The molecule has 0 aliphatic carbocycles. The monoisotopic (exact) mass is 448 g/mol. The van der Waals surface area contributed by atoms with Crippen molar-refractivity contribution in [1.82, 2.24) is 4.90 Å². The molecule has 2 rings (SSSR count). The molecule has 0 heterocycles. The Labute approximate surface area is 185 Å². The number of benzene rings is 2. The van der Waals surface area contributed by atoms with Gasteiger partial charge < -0.3 is 19.1 Å². The van der Waals surface area contributed by atoms with Gasteiger partial charge in [0, 0.05) is 18.8 Å². The second kappa shape index (κ2) is 10.5. The number of anilines is 1. The fourth-order valence-corrected chi connectivity index (χ4v) is 3.68. The molecule has 31 heavy (non-hydrogen) atoms. The molecule has 2 aromatic rings. The Morgan fingerprint density at radius 2 is 1.74 bits per heavy atom. The maximum absolute atomic E-state index is 13.1. The summed E-state index contributed by atoms with van der Waals surface area (Å²) in [7, 11) is -2.26. The lowest BCUT2D eigenvalue weighted by Crippen LogP contribution is -2.37. The molecule has 0 saturated carbocycles. The Bertz CT molecular complexity index is 998. The summed E-state index contributed by atoms with van der Waals surface area (Å²) in [4.78, 5) is 14.8. The van der Waals surface area contributed by atoms with Crippen LogP contribution in [0.4, 0.5) is 10.5 Å². The van der Waals surface area contributed by atoms with E-state index in [1.807, 2.05) is 45.9 Å². The molecule has 170 valence electrons. The van der Waals surface area contributed by atoms with Gasteiger partial charge in [-0.2, -0.15) is 8.42 Å². The molecule has 0 aliphatic heterocycles. The number of rotatable bonds is 9. The van der Waals surface area contributed by atoms with E-state index < -0.39 is 10.1 Å². The lowest BCUT2D eigenvalue weighted by Gasteiger charge is -2.26. The van der Waals surface area contributed by atoms with Gasteiger partial charge in [-0.1, -0.05) is 38.1 Å². The molecule has 7 nitrogen and oxygen atoms in total. The fraction of sp³-hybridized carbons (Fsp3) is 0.435. The fourth-order valence-electron chi connectivity index (χ4n) is 3.16. The van der Waals surface area contributed by atoms with Crippen molar-refractivity contribution in [2.75, 3.05) is 24.7 Å². The van der Waals surface area contributed by atoms with Crippen LogP contribution in [0.15, 0.2) is 36.4 Å². The van der Waals surface area contributed by atoms with Crippen LogP contribution in [0.3, 0.4) is 0 Å². The van der Waals surface area contributed by atoms with Gasteiger partial charge in [0.05, 0.1) is 12.9 Å². The quantitative estimate of drug-likeness (QED) is 0.561. The molecule has 0 fully saturated rings. The molecule has 2 aromatic carbocycles. The van der Waals surface area contributed by atoms with Gasteiger partial charge in [0.15, 0.2) is 11.5 Å².